The summed E-state index contributed by atoms with van der Waals surface area (Å²) in [5, 5.41) is 19.2. The molecule has 6 nitrogen and oxygen atoms in total. The van der Waals surface area contributed by atoms with E-state index in [0.29, 0.717) is 24.4 Å². The van der Waals surface area contributed by atoms with E-state index in [-0.39, 0.29) is 18.1 Å². The predicted octanol–water partition coefficient (Wildman–Crippen LogP) is 1.38. The van der Waals surface area contributed by atoms with E-state index in [2.05, 4.69) is 11.0 Å². The van der Waals surface area contributed by atoms with Crippen molar-refractivity contribution in [2.24, 2.45) is 0 Å². The van der Waals surface area contributed by atoms with Crippen molar-refractivity contribution in [3.63, 3.8) is 0 Å². The first-order valence-electron chi connectivity index (χ1n) is 8.97. The number of nitriles is 1. The first kappa shape index (κ1) is 17.7. The second kappa shape index (κ2) is 7.85. The van der Waals surface area contributed by atoms with Gasteiger partial charge in [0.15, 0.2) is 6.10 Å². The molecule has 0 radical (unpaired) electrons. The largest absolute Gasteiger partial charge is 0.480 e. The SMILES string of the molecule is C[C@H](Oc1ccccc1C#N)C(=O)N1CCN([C@H]2CCC[C@H]2O)CC1. The van der Waals surface area contributed by atoms with E-state index in [0.717, 1.165) is 32.4 Å². The predicted molar refractivity (Wildman–Crippen MR) is 93.0 cm³/mol. The number of para-hydroxylation sites is 1. The molecule has 1 aliphatic carbocycles. The molecule has 1 N–H and O–H groups in total. The van der Waals surface area contributed by atoms with Gasteiger partial charge in [-0.25, -0.2) is 0 Å². The molecule has 0 aromatic heterocycles. The molecule has 2 aliphatic rings. The minimum atomic E-state index is -0.627. The van der Waals surface area contributed by atoms with Crippen LogP contribution in [0.25, 0.3) is 0 Å². The third-order valence-corrected chi connectivity index (χ3v) is 5.20. The number of benzene rings is 1. The smallest absolute Gasteiger partial charge is 0.263 e. The Balaban J connectivity index is 1.54. The number of carbonyl (C=O) groups is 1. The lowest BCUT2D eigenvalue weighted by Crippen LogP contribution is -2.55. The summed E-state index contributed by atoms with van der Waals surface area (Å²) in [6.07, 6.45) is 2.14. The van der Waals surface area contributed by atoms with Gasteiger partial charge in [0.25, 0.3) is 5.91 Å². The van der Waals surface area contributed by atoms with Gasteiger partial charge in [0.2, 0.25) is 0 Å². The summed E-state index contributed by atoms with van der Waals surface area (Å²) in [4.78, 5) is 16.8. The van der Waals surface area contributed by atoms with E-state index in [1.54, 1.807) is 31.2 Å². The Kier molecular flexibility index (Phi) is 5.57. The first-order valence-corrected chi connectivity index (χ1v) is 8.97. The van der Waals surface area contributed by atoms with Crippen molar-refractivity contribution in [2.75, 3.05) is 26.2 Å². The molecule has 1 heterocycles. The molecular formula is C19H25N3O3. The number of piperazine rings is 1. The second-order valence-corrected chi connectivity index (χ2v) is 6.79. The summed E-state index contributed by atoms with van der Waals surface area (Å²) in [6, 6.07) is 9.28. The molecule has 3 rings (SSSR count). The molecule has 3 atom stereocenters. The zero-order valence-electron chi connectivity index (χ0n) is 14.6. The minimum absolute atomic E-state index is 0.0561. The maximum absolute atomic E-state index is 12.6. The van der Waals surface area contributed by atoms with Crippen molar-refractivity contribution in [1.29, 1.82) is 5.26 Å². The number of aliphatic hydroxyl groups is 1. The second-order valence-electron chi connectivity index (χ2n) is 6.79. The fourth-order valence-electron chi connectivity index (χ4n) is 3.78. The minimum Gasteiger partial charge on any atom is -0.480 e. The molecule has 2 fully saturated rings. The van der Waals surface area contributed by atoms with E-state index < -0.39 is 6.10 Å². The number of amides is 1. The van der Waals surface area contributed by atoms with Crippen LogP contribution in [0.1, 0.15) is 31.7 Å². The van der Waals surface area contributed by atoms with Gasteiger partial charge in [-0.2, -0.15) is 5.26 Å². The summed E-state index contributed by atoms with van der Waals surface area (Å²) in [5.41, 5.74) is 0.433. The summed E-state index contributed by atoms with van der Waals surface area (Å²) in [7, 11) is 0. The Bertz CT molecular complexity index is 650. The molecule has 134 valence electrons. The summed E-state index contributed by atoms with van der Waals surface area (Å²) < 4.78 is 5.73. The molecule has 1 saturated heterocycles. The van der Waals surface area contributed by atoms with Crippen LogP contribution in [-0.4, -0.2) is 65.2 Å². The van der Waals surface area contributed by atoms with E-state index in [1.807, 2.05) is 4.90 Å². The Hall–Kier alpha value is -2.10. The van der Waals surface area contributed by atoms with Crippen LogP contribution in [0.5, 0.6) is 5.75 Å². The highest BCUT2D eigenvalue weighted by atomic mass is 16.5. The van der Waals surface area contributed by atoms with Gasteiger partial charge in [-0.3, -0.25) is 9.69 Å². The van der Waals surface area contributed by atoms with Crippen molar-refractivity contribution in [3.05, 3.63) is 29.8 Å². The van der Waals surface area contributed by atoms with Crippen LogP contribution in [-0.2, 0) is 4.79 Å². The van der Waals surface area contributed by atoms with Crippen LogP contribution in [0.4, 0.5) is 0 Å². The van der Waals surface area contributed by atoms with E-state index >= 15 is 0 Å². The highest BCUT2D eigenvalue weighted by molar-refractivity contribution is 5.81. The molecule has 0 bridgehead atoms. The maximum Gasteiger partial charge on any atom is 0.263 e. The van der Waals surface area contributed by atoms with Gasteiger partial charge < -0.3 is 14.7 Å². The van der Waals surface area contributed by atoms with E-state index in [9.17, 15) is 9.90 Å². The molecule has 1 aromatic rings. The van der Waals surface area contributed by atoms with Crippen molar-refractivity contribution in [1.82, 2.24) is 9.80 Å². The van der Waals surface area contributed by atoms with Crippen LogP contribution in [0.3, 0.4) is 0 Å². The van der Waals surface area contributed by atoms with Crippen molar-refractivity contribution in [3.8, 4) is 11.8 Å². The fraction of sp³-hybridized carbons (Fsp3) is 0.579. The van der Waals surface area contributed by atoms with Gasteiger partial charge in [0.1, 0.15) is 11.8 Å². The number of carbonyl (C=O) groups excluding carboxylic acids is 1. The molecule has 1 saturated carbocycles. The molecule has 1 amide bonds. The highest BCUT2D eigenvalue weighted by Crippen LogP contribution is 2.25. The number of ether oxygens (including phenoxy) is 1. The van der Waals surface area contributed by atoms with Crippen LogP contribution < -0.4 is 4.74 Å². The monoisotopic (exact) mass is 343 g/mol. The van der Waals surface area contributed by atoms with Crippen LogP contribution in [0.2, 0.25) is 0 Å². The zero-order valence-corrected chi connectivity index (χ0v) is 14.6. The van der Waals surface area contributed by atoms with Crippen molar-refractivity contribution < 1.29 is 14.6 Å². The molecular weight excluding hydrogens is 318 g/mol. The number of hydrogen-bond acceptors (Lipinski definition) is 5. The molecule has 1 aromatic carbocycles. The first-order chi connectivity index (χ1) is 12.1. The molecule has 1 aliphatic heterocycles. The Morgan fingerprint density at radius 3 is 2.64 bits per heavy atom. The van der Waals surface area contributed by atoms with Gasteiger partial charge >= 0.3 is 0 Å². The standard InChI is InChI=1S/C19H25N3O3/c1-14(25-18-8-3-2-5-15(18)13-20)19(24)22-11-9-21(10-12-22)16-6-4-7-17(16)23/h2-3,5,8,14,16-17,23H,4,6-7,9-12H2,1H3/t14-,16-,17+/m0/s1. The third-order valence-electron chi connectivity index (χ3n) is 5.20. The van der Waals surface area contributed by atoms with Gasteiger partial charge in [0, 0.05) is 32.2 Å². The lowest BCUT2D eigenvalue weighted by atomic mass is 10.1. The fourth-order valence-corrected chi connectivity index (χ4v) is 3.78. The number of aliphatic hydroxyl groups excluding tert-OH is 1. The molecule has 0 spiro atoms. The van der Waals surface area contributed by atoms with E-state index in [1.165, 1.54) is 0 Å². The quantitative estimate of drug-likeness (QED) is 0.894. The Morgan fingerprint density at radius 2 is 2.00 bits per heavy atom. The van der Waals surface area contributed by atoms with Crippen molar-refractivity contribution >= 4 is 5.91 Å². The average Bonchev–Trinajstić information content (AvgIpc) is 3.07. The van der Waals surface area contributed by atoms with Crippen LogP contribution >= 0.6 is 0 Å². The molecule has 6 heteroatoms. The number of nitrogens with zero attached hydrogens (tertiary/aromatic N) is 3. The molecule has 0 unspecified atom stereocenters. The maximum atomic E-state index is 12.6. The van der Waals surface area contributed by atoms with Crippen molar-refractivity contribution in [2.45, 2.75) is 44.4 Å². The number of rotatable bonds is 4. The molecule has 25 heavy (non-hydrogen) atoms. The van der Waals surface area contributed by atoms with Gasteiger partial charge in [-0.1, -0.05) is 12.1 Å². The topological polar surface area (TPSA) is 76.8 Å². The average molecular weight is 343 g/mol. The summed E-state index contributed by atoms with van der Waals surface area (Å²) in [6.45, 7) is 4.60. The van der Waals surface area contributed by atoms with Gasteiger partial charge in [-0.15, -0.1) is 0 Å². The normalized spacial score (nSPS) is 25.4. The van der Waals surface area contributed by atoms with E-state index in [4.69, 9.17) is 10.00 Å². The highest BCUT2D eigenvalue weighted by Gasteiger charge is 2.34. The zero-order chi connectivity index (χ0) is 17.8. The summed E-state index contributed by atoms with van der Waals surface area (Å²) >= 11 is 0. The lowest BCUT2D eigenvalue weighted by Gasteiger charge is -2.39. The number of hydrogen-bond donors (Lipinski definition) is 1. The van der Waals surface area contributed by atoms with Crippen LogP contribution in [0.15, 0.2) is 24.3 Å². The Labute approximate surface area is 148 Å². The summed E-state index contributed by atoms with van der Waals surface area (Å²) in [5.74, 6) is 0.387. The lowest BCUT2D eigenvalue weighted by molar-refractivity contribution is -0.140. The third kappa shape index (κ3) is 3.94. The van der Waals surface area contributed by atoms with Gasteiger partial charge in [0.05, 0.1) is 11.7 Å². The van der Waals surface area contributed by atoms with Gasteiger partial charge in [-0.05, 0) is 38.3 Å². The Morgan fingerprint density at radius 1 is 1.28 bits per heavy atom. The van der Waals surface area contributed by atoms with Crippen LogP contribution in [0, 0.1) is 11.3 Å².